The second-order valence-electron chi connectivity index (χ2n) is 5.35. The molecule has 2 aromatic carbocycles. The summed E-state index contributed by atoms with van der Waals surface area (Å²) < 4.78 is 63.5. The zero-order valence-corrected chi connectivity index (χ0v) is 14.1. The molecule has 0 fully saturated rings. The summed E-state index contributed by atoms with van der Waals surface area (Å²) in [7, 11) is 1.09. The van der Waals surface area contributed by atoms with Gasteiger partial charge in [0.15, 0.2) is 11.6 Å². The minimum Gasteiger partial charge on any atom is -0.486 e. The van der Waals surface area contributed by atoms with Crippen LogP contribution in [-0.2, 0) is 23.9 Å². The summed E-state index contributed by atoms with van der Waals surface area (Å²) in [5.41, 5.74) is -0.711. The van der Waals surface area contributed by atoms with Crippen LogP contribution in [0.15, 0.2) is 36.4 Å². The Balaban J connectivity index is 2.35. The number of methoxy groups -OCH3 is 1. The van der Waals surface area contributed by atoms with E-state index in [0.717, 1.165) is 24.8 Å². The smallest absolute Gasteiger partial charge is 0.416 e. The SMILES string of the molecule is CCc1ccc(OCc2c(NC(=O)OC)cccc2C(F)(F)F)c(F)c1. The van der Waals surface area contributed by atoms with Gasteiger partial charge in [-0.3, -0.25) is 5.32 Å². The Hall–Kier alpha value is -2.77. The van der Waals surface area contributed by atoms with Crippen molar-refractivity contribution in [2.75, 3.05) is 12.4 Å². The molecule has 0 aliphatic heterocycles. The molecular weight excluding hydrogens is 354 g/mol. The standard InChI is InChI=1S/C18H17F4NO3/c1-3-11-7-8-16(14(19)9-11)26-10-12-13(18(20,21)22)5-4-6-15(12)23-17(24)25-2/h4-9H,3,10H2,1-2H3,(H,23,24). The number of rotatable bonds is 5. The summed E-state index contributed by atoms with van der Waals surface area (Å²) in [6.07, 6.45) is -4.98. The Morgan fingerprint density at radius 3 is 2.50 bits per heavy atom. The number of amides is 1. The topological polar surface area (TPSA) is 47.6 Å². The van der Waals surface area contributed by atoms with Gasteiger partial charge in [0, 0.05) is 5.56 Å². The fourth-order valence-corrected chi connectivity index (χ4v) is 2.32. The molecule has 26 heavy (non-hydrogen) atoms. The molecule has 4 nitrogen and oxygen atoms in total. The number of nitrogens with one attached hydrogen (secondary N) is 1. The molecule has 2 aromatic rings. The highest BCUT2D eigenvalue weighted by Crippen LogP contribution is 2.36. The van der Waals surface area contributed by atoms with E-state index >= 15 is 0 Å². The van der Waals surface area contributed by atoms with Gasteiger partial charge in [-0.05, 0) is 36.2 Å². The number of halogens is 4. The van der Waals surface area contributed by atoms with Crippen LogP contribution >= 0.6 is 0 Å². The Morgan fingerprint density at radius 1 is 1.19 bits per heavy atom. The number of hydrogen-bond acceptors (Lipinski definition) is 3. The molecule has 0 bridgehead atoms. The van der Waals surface area contributed by atoms with Gasteiger partial charge in [-0.15, -0.1) is 0 Å². The van der Waals surface area contributed by atoms with Crippen molar-refractivity contribution in [3.8, 4) is 5.75 Å². The molecule has 8 heteroatoms. The molecule has 0 aliphatic rings. The maximum absolute atomic E-state index is 14.0. The highest BCUT2D eigenvalue weighted by molar-refractivity contribution is 5.85. The number of anilines is 1. The van der Waals surface area contributed by atoms with E-state index in [1.54, 1.807) is 6.07 Å². The van der Waals surface area contributed by atoms with Gasteiger partial charge in [0.1, 0.15) is 6.61 Å². The Labute approximate surface area is 147 Å². The number of alkyl halides is 3. The minimum absolute atomic E-state index is 0.128. The maximum atomic E-state index is 14.0. The van der Waals surface area contributed by atoms with Crippen LogP contribution in [0.4, 0.5) is 28.0 Å². The number of hydrogen-bond donors (Lipinski definition) is 1. The Morgan fingerprint density at radius 2 is 1.92 bits per heavy atom. The van der Waals surface area contributed by atoms with Crippen LogP contribution < -0.4 is 10.1 Å². The molecule has 0 unspecified atom stereocenters. The molecule has 0 atom stereocenters. The van der Waals surface area contributed by atoms with Crippen molar-refractivity contribution < 1.29 is 31.8 Å². The van der Waals surface area contributed by atoms with Gasteiger partial charge < -0.3 is 9.47 Å². The van der Waals surface area contributed by atoms with Crippen molar-refractivity contribution in [1.82, 2.24) is 0 Å². The van der Waals surface area contributed by atoms with E-state index in [1.807, 2.05) is 6.92 Å². The predicted molar refractivity (Wildman–Crippen MR) is 87.6 cm³/mol. The van der Waals surface area contributed by atoms with Gasteiger partial charge in [-0.25, -0.2) is 9.18 Å². The number of aryl methyl sites for hydroxylation is 1. The summed E-state index contributed by atoms with van der Waals surface area (Å²) in [6.45, 7) is 1.26. The first-order valence-electron chi connectivity index (χ1n) is 7.71. The third-order valence-electron chi connectivity index (χ3n) is 3.68. The zero-order valence-electron chi connectivity index (χ0n) is 14.1. The van der Waals surface area contributed by atoms with Crippen molar-refractivity contribution in [1.29, 1.82) is 0 Å². The van der Waals surface area contributed by atoms with E-state index in [2.05, 4.69) is 10.1 Å². The number of ether oxygens (including phenoxy) is 2. The average molecular weight is 371 g/mol. The summed E-state index contributed by atoms with van der Waals surface area (Å²) in [6, 6.07) is 7.53. The van der Waals surface area contributed by atoms with Crippen molar-refractivity contribution >= 4 is 11.8 Å². The molecule has 0 saturated heterocycles. The van der Waals surface area contributed by atoms with E-state index in [-0.39, 0.29) is 17.0 Å². The van der Waals surface area contributed by atoms with Crippen LogP contribution in [0.3, 0.4) is 0 Å². The molecule has 1 amide bonds. The number of benzene rings is 2. The lowest BCUT2D eigenvalue weighted by Crippen LogP contribution is -2.17. The fourth-order valence-electron chi connectivity index (χ4n) is 2.32. The van der Waals surface area contributed by atoms with Gasteiger partial charge in [0.25, 0.3) is 0 Å². The molecule has 0 heterocycles. The highest BCUT2D eigenvalue weighted by Gasteiger charge is 2.34. The first kappa shape index (κ1) is 19.6. The second kappa shape index (κ2) is 8.07. The minimum atomic E-state index is -4.67. The molecule has 140 valence electrons. The van der Waals surface area contributed by atoms with Crippen molar-refractivity contribution in [3.05, 3.63) is 58.9 Å². The fraction of sp³-hybridized carbons (Fsp3) is 0.278. The van der Waals surface area contributed by atoms with E-state index in [9.17, 15) is 22.4 Å². The van der Waals surface area contributed by atoms with Gasteiger partial charge in [0.05, 0.1) is 18.4 Å². The summed E-state index contributed by atoms with van der Waals surface area (Å²) >= 11 is 0. The molecule has 1 N–H and O–H groups in total. The van der Waals surface area contributed by atoms with E-state index < -0.39 is 30.3 Å². The predicted octanol–water partition coefficient (Wildman–Crippen LogP) is 5.16. The summed E-state index contributed by atoms with van der Waals surface area (Å²) in [5.74, 6) is -0.848. The first-order chi connectivity index (χ1) is 12.3. The molecule has 2 rings (SSSR count). The quantitative estimate of drug-likeness (QED) is 0.738. The van der Waals surface area contributed by atoms with Crippen LogP contribution in [0, 0.1) is 5.82 Å². The third kappa shape index (κ3) is 4.65. The average Bonchev–Trinajstić information content (AvgIpc) is 2.60. The lowest BCUT2D eigenvalue weighted by atomic mass is 10.1. The van der Waals surface area contributed by atoms with Crippen LogP contribution in [0.1, 0.15) is 23.6 Å². The summed E-state index contributed by atoms with van der Waals surface area (Å²) in [4.78, 5) is 11.4. The Bertz CT molecular complexity index is 790. The van der Waals surface area contributed by atoms with Gasteiger partial charge in [0.2, 0.25) is 0 Å². The zero-order chi connectivity index (χ0) is 19.3. The number of carbonyl (C=O) groups is 1. The van der Waals surface area contributed by atoms with Crippen LogP contribution in [0.25, 0.3) is 0 Å². The van der Waals surface area contributed by atoms with E-state index in [1.165, 1.54) is 18.2 Å². The largest absolute Gasteiger partial charge is 0.486 e. The molecule has 0 aliphatic carbocycles. The van der Waals surface area contributed by atoms with E-state index in [0.29, 0.717) is 6.42 Å². The van der Waals surface area contributed by atoms with Gasteiger partial charge in [-0.1, -0.05) is 19.1 Å². The lowest BCUT2D eigenvalue weighted by Gasteiger charge is -2.18. The Kier molecular flexibility index (Phi) is 6.07. The third-order valence-corrected chi connectivity index (χ3v) is 3.68. The first-order valence-corrected chi connectivity index (χ1v) is 7.71. The molecule has 0 spiro atoms. The van der Waals surface area contributed by atoms with Crippen molar-refractivity contribution in [2.24, 2.45) is 0 Å². The van der Waals surface area contributed by atoms with Crippen molar-refractivity contribution in [2.45, 2.75) is 26.1 Å². The van der Waals surface area contributed by atoms with Crippen LogP contribution in [0.5, 0.6) is 5.75 Å². The van der Waals surface area contributed by atoms with Gasteiger partial charge >= 0.3 is 12.3 Å². The highest BCUT2D eigenvalue weighted by atomic mass is 19.4. The molecule has 0 radical (unpaired) electrons. The maximum Gasteiger partial charge on any atom is 0.416 e. The number of carbonyl (C=O) groups excluding carboxylic acids is 1. The molecule has 0 saturated carbocycles. The molecular formula is C18H17F4NO3. The monoisotopic (exact) mass is 371 g/mol. The van der Waals surface area contributed by atoms with Crippen molar-refractivity contribution in [3.63, 3.8) is 0 Å². The van der Waals surface area contributed by atoms with E-state index in [4.69, 9.17) is 4.74 Å². The lowest BCUT2D eigenvalue weighted by molar-refractivity contribution is -0.138. The van der Waals surface area contributed by atoms with Crippen LogP contribution in [0.2, 0.25) is 0 Å². The van der Waals surface area contributed by atoms with Gasteiger partial charge in [-0.2, -0.15) is 13.2 Å². The normalized spacial score (nSPS) is 11.2. The van der Waals surface area contributed by atoms with Crippen LogP contribution in [-0.4, -0.2) is 13.2 Å². The second-order valence-corrected chi connectivity index (χ2v) is 5.35. The summed E-state index contributed by atoms with van der Waals surface area (Å²) in [5, 5.41) is 2.21. The molecule has 0 aromatic heterocycles.